The smallest absolute Gasteiger partial charge is 0.246 e. The van der Waals surface area contributed by atoms with Crippen molar-refractivity contribution in [3.63, 3.8) is 0 Å². The number of hydrogen-bond acceptors (Lipinski definition) is 2. The van der Waals surface area contributed by atoms with Gasteiger partial charge in [0.2, 0.25) is 5.91 Å². The maximum Gasteiger partial charge on any atom is 0.246 e. The van der Waals surface area contributed by atoms with Crippen LogP contribution in [-0.4, -0.2) is 10.8 Å². The van der Waals surface area contributed by atoms with Crippen LogP contribution in [0.5, 0.6) is 0 Å². The lowest BCUT2D eigenvalue weighted by molar-refractivity contribution is -0.129. The number of carbonyl (C=O) groups excluding carboxylic acids is 1. The van der Waals surface area contributed by atoms with Crippen molar-refractivity contribution in [2.24, 2.45) is 0 Å². The van der Waals surface area contributed by atoms with Crippen LogP contribution < -0.4 is 0 Å². The molecule has 1 aromatic carbocycles. The van der Waals surface area contributed by atoms with Crippen LogP contribution in [0.25, 0.3) is 0 Å². The monoisotopic (exact) mass is 281 g/mol. The largest absolute Gasteiger partial charge is 0.467 e. The minimum atomic E-state index is -0.178. The molecule has 0 bridgehead atoms. The first kappa shape index (κ1) is 14.9. The lowest BCUT2D eigenvalue weighted by atomic mass is 10.1. The van der Waals surface area contributed by atoms with E-state index in [4.69, 9.17) is 4.42 Å². The first-order chi connectivity index (χ1) is 10.3. The number of carbonyl (C=O) groups is 1. The number of nitrogens with zero attached hydrogens (tertiary/aromatic N) is 1. The quantitative estimate of drug-likeness (QED) is 0.565. The van der Waals surface area contributed by atoms with E-state index in [1.165, 1.54) is 6.08 Å². The standard InChI is InChI=1S/C18H19NO2/c1-3-9-16(17-12-8-13-21-17)19(18(20)4-2)14-15-10-6-5-7-11-15/h3-8,10-13,16H,1-2,9,14H2. The number of hydrogen-bond donors (Lipinski definition) is 0. The first-order valence-corrected chi connectivity index (χ1v) is 6.87. The lowest BCUT2D eigenvalue weighted by Crippen LogP contribution is -2.32. The third kappa shape index (κ3) is 3.72. The Morgan fingerprint density at radius 2 is 1.95 bits per heavy atom. The molecule has 1 unspecified atom stereocenters. The van der Waals surface area contributed by atoms with Crippen molar-refractivity contribution >= 4 is 5.91 Å². The minimum Gasteiger partial charge on any atom is -0.467 e. The van der Waals surface area contributed by atoms with Gasteiger partial charge < -0.3 is 9.32 Å². The van der Waals surface area contributed by atoms with E-state index in [2.05, 4.69) is 13.2 Å². The zero-order valence-electron chi connectivity index (χ0n) is 11.9. The van der Waals surface area contributed by atoms with Crippen LogP contribution in [0.1, 0.15) is 23.8 Å². The summed E-state index contributed by atoms with van der Waals surface area (Å²) >= 11 is 0. The highest BCUT2D eigenvalue weighted by atomic mass is 16.3. The highest BCUT2D eigenvalue weighted by Gasteiger charge is 2.24. The van der Waals surface area contributed by atoms with Gasteiger partial charge in [0.05, 0.1) is 12.3 Å². The van der Waals surface area contributed by atoms with Crippen LogP contribution >= 0.6 is 0 Å². The molecule has 3 heteroatoms. The summed E-state index contributed by atoms with van der Waals surface area (Å²) in [5.74, 6) is 0.628. The molecule has 1 aromatic heterocycles. The summed E-state index contributed by atoms with van der Waals surface area (Å²) in [6.07, 6.45) is 5.37. The van der Waals surface area contributed by atoms with Gasteiger partial charge in [-0.1, -0.05) is 43.0 Å². The van der Waals surface area contributed by atoms with E-state index in [-0.39, 0.29) is 11.9 Å². The van der Waals surface area contributed by atoms with Gasteiger partial charge in [-0.3, -0.25) is 4.79 Å². The molecular formula is C18H19NO2. The summed E-state index contributed by atoms with van der Waals surface area (Å²) in [4.78, 5) is 14.0. The van der Waals surface area contributed by atoms with Crippen LogP contribution in [0.15, 0.2) is 78.5 Å². The van der Waals surface area contributed by atoms with Gasteiger partial charge in [-0.05, 0) is 30.2 Å². The number of rotatable bonds is 7. The van der Waals surface area contributed by atoms with E-state index >= 15 is 0 Å². The number of furan rings is 1. The van der Waals surface area contributed by atoms with Crippen LogP contribution in [0.4, 0.5) is 0 Å². The van der Waals surface area contributed by atoms with Crippen LogP contribution in [0.2, 0.25) is 0 Å². The van der Waals surface area contributed by atoms with E-state index in [1.54, 1.807) is 17.2 Å². The van der Waals surface area contributed by atoms with Gasteiger partial charge in [-0.15, -0.1) is 6.58 Å². The Kier molecular flexibility index (Phi) is 5.16. The van der Waals surface area contributed by atoms with E-state index in [1.807, 2.05) is 42.5 Å². The van der Waals surface area contributed by atoms with E-state index in [9.17, 15) is 4.79 Å². The molecule has 108 valence electrons. The Labute approximate surface area is 125 Å². The molecule has 0 fully saturated rings. The molecule has 0 aliphatic carbocycles. The van der Waals surface area contributed by atoms with Gasteiger partial charge in [-0.2, -0.15) is 0 Å². The maximum absolute atomic E-state index is 12.3. The van der Waals surface area contributed by atoms with Crippen molar-refractivity contribution in [2.45, 2.75) is 19.0 Å². The lowest BCUT2D eigenvalue weighted by Gasteiger charge is -2.29. The molecule has 0 N–H and O–H groups in total. The second kappa shape index (κ2) is 7.29. The van der Waals surface area contributed by atoms with Gasteiger partial charge in [0.1, 0.15) is 5.76 Å². The summed E-state index contributed by atoms with van der Waals surface area (Å²) in [6.45, 7) is 7.88. The van der Waals surface area contributed by atoms with Crippen molar-refractivity contribution in [1.29, 1.82) is 0 Å². The molecule has 0 aliphatic heterocycles. The van der Waals surface area contributed by atoms with Crippen molar-refractivity contribution in [3.05, 3.63) is 85.4 Å². The van der Waals surface area contributed by atoms with E-state index in [0.29, 0.717) is 13.0 Å². The van der Waals surface area contributed by atoms with Crippen molar-refractivity contribution in [3.8, 4) is 0 Å². The molecule has 0 aliphatic rings. The minimum absolute atomic E-state index is 0.123. The Balaban J connectivity index is 2.30. The molecule has 3 nitrogen and oxygen atoms in total. The summed E-state index contributed by atoms with van der Waals surface area (Å²) in [5, 5.41) is 0. The fraction of sp³-hybridized carbons (Fsp3) is 0.167. The van der Waals surface area contributed by atoms with Gasteiger partial charge >= 0.3 is 0 Å². The van der Waals surface area contributed by atoms with E-state index < -0.39 is 0 Å². The van der Waals surface area contributed by atoms with Crippen molar-refractivity contribution in [1.82, 2.24) is 4.90 Å². The van der Waals surface area contributed by atoms with Gasteiger partial charge in [0.25, 0.3) is 0 Å². The fourth-order valence-electron chi connectivity index (χ4n) is 2.27. The Morgan fingerprint density at radius 3 is 2.52 bits per heavy atom. The third-order valence-electron chi connectivity index (χ3n) is 3.29. The molecule has 0 spiro atoms. The second-order valence-electron chi connectivity index (χ2n) is 4.71. The van der Waals surface area contributed by atoms with Gasteiger partial charge in [-0.25, -0.2) is 0 Å². The maximum atomic E-state index is 12.3. The van der Waals surface area contributed by atoms with Crippen LogP contribution in [0.3, 0.4) is 0 Å². The first-order valence-electron chi connectivity index (χ1n) is 6.87. The molecule has 2 aromatic rings. The summed E-state index contributed by atoms with van der Waals surface area (Å²) < 4.78 is 5.49. The summed E-state index contributed by atoms with van der Waals surface area (Å²) in [6, 6.07) is 13.4. The van der Waals surface area contributed by atoms with Crippen molar-refractivity contribution < 1.29 is 9.21 Å². The molecular weight excluding hydrogens is 262 g/mol. The Hall–Kier alpha value is -2.55. The molecule has 21 heavy (non-hydrogen) atoms. The van der Waals surface area contributed by atoms with Crippen molar-refractivity contribution in [2.75, 3.05) is 0 Å². The van der Waals surface area contributed by atoms with Gasteiger partial charge in [0, 0.05) is 6.54 Å². The fourth-order valence-corrected chi connectivity index (χ4v) is 2.27. The topological polar surface area (TPSA) is 33.5 Å². The molecule has 0 saturated heterocycles. The van der Waals surface area contributed by atoms with Crippen LogP contribution in [0, 0.1) is 0 Å². The third-order valence-corrected chi connectivity index (χ3v) is 3.29. The predicted molar refractivity (Wildman–Crippen MR) is 83.5 cm³/mol. The molecule has 0 radical (unpaired) electrons. The average molecular weight is 281 g/mol. The Bertz CT molecular complexity index is 587. The zero-order valence-corrected chi connectivity index (χ0v) is 11.9. The molecule has 1 amide bonds. The second-order valence-corrected chi connectivity index (χ2v) is 4.71. The van der Waals surface area contributed by atoms with Gasteiger partial charge in [0.15, 0.2) is 0 Å². The van der Waals surface area contributed by atoms with E-state index in [0.717, 1.165) is 11.3 Å². The number of amides is 1. The Morgan fingerprint density at radius 1 is 1.19 bits per heavy atom. The molecule has 1 heterocycles. The molecule has 0 saturated carbocycles. The zero-order chi connectivity index (χ0) is 15.1. The van der Waals surface area contributed by atoms with Crippen LogP contribution in [-0.2, 0) is 11.3 Å². The summed E-state index contributed by atoms with van der Waals surface area (Å²) in [7, 11) is 0. The molecule has 2 rings (SSSR count). The highest BCUT2D eigenvalue weighted by Crippen LogP contribution is 2.27. The summed E-state index contributed by atoms with van der Waals surface area (Å²) in [5.41, 5.74) is 1.06. The molecule has 1 atom stereocenters. The number of benzene rings is 1. The SMILES string of the molecule is C=CCC(c1ccco1)N(Cc1ccccc1)C(=O)C=C. The highest BCUT2D eigenvalue weighted by molar-refractivity contribution is 5.87. The normalized spacial score (nSPS) is 11.6. The average Bonchev–Trinajstić information content (AvgIpc) is 3.05. The predicted octanol–water partition coefficient (Wildman–Crippen LogP) is 4.11.